The molecule has 1 saturated heterocycles. The molecule has 0 atom stereocenters. The van der Waals surface area contributed by atoms with Crippen molar-refractivity contribution in [2.45, 2.75) is 6.54 Å². The molecule has 0 spiro atoms. The third-order valence-corrected chi connectivity index (χ3v) is 4.31. The number of hydrogen-bond acceptors (Lipinski definition) is 4. The summed E-state index contributed by atoms with van der Waals surface area (Å²) in [5, 5.41) is 4.60. The summed E-state index contributed by atoms with van der Waals surface area (Å²) in [4.78, 5) is 16.3. The van der Waals surface area contributed by atoms with Crippen LogP contribution in [-0.4, -0.2) is 65.4 Å². The van der Waals surface area contributed by atoms with Gasteiger partial charge < -0.3 is 9.64 Å². The number of amides is 1. The summed E-state index contributed by atoms with van der Waals surface area (Å²) in [6.07, 6.45) is 2.05. The van der Waals surface area contributed by atoms with Crippen LogP contribution < -0.4 is 0 Å². The Labute approximate surface area is 142 Å². The number of piperazine rings is 1. The number of carbonyl (C=O) groups excluding carboxylic acids is 1. The van der Waals surface area contributed by atoms with Crippen molar-refractivity contribution in [3.63, 3.8) is 0 Å². The molecule has 0 unspecified atom stereocenters. The SMILES string of the molecule is COCCN1CCN(Cc2cn(C)nc2-c2ccccc2)CC1=O. The number of rotatable bonds is 6. The van der Waals surface area contributed by atoms with E-state index in [9.17, 15) is 4.79 Å². The Bertz CT molecular complexity index is 684. The van der Waals surface area contributed by atoms with E-state index in [4.69, 9.17) is 4.74 Å². The molecular formula is C18H24N4O2. The number of carbonyl (C=O) groups is 1. The molecule has 1 aliphatic heterocycles. The molecule has 2 heterocycles. The Hall–Kier alpha value is -2.18. The second-order valence-electron chi connectivity index (χ2n) is 6.13. The Balaban J connectivity index is 1.68. The van der Waals surface area contributed by atoms with Gasteiger partial charge in [-0.05, 0) is 0 Å². The van der Waals surface area contributed by atoms with Crippen LogP contribution in [0.3, 0.4) is 0 Å². The van der Waals surface area contributed by atoms with Crippen molar-refractivity contribution in [1.82, 2.24) is 19.6 Å². The second-order valence-corrected chi connectivity index (χ2v) is 6.13. The largest absolute Gasteiger partial charge is 0.383 e. The summed E-state index contributed by atoms with van der Waals surface area (Å²) in [6.45, 7) is 4.08. The third-order valence-electron chi connectivity index (χ3n) is 4.31. The van der Waals surface area contributed by atoms with E-state index in [1.54, 1.807) is 7.11 Å². The van der Waals surface area contributed by atoms with Gasteiger partial charge in [-0.15, -0.1) is 0 Å². The summed E-state index contributed by atoms with van der Waals surface area (Å²) in [5.74, 6) is 0.170. The van der Waals surface area contributed by atoms with Crippen LogP contribution in [0.15, 0.2) is 36.5 Å². The number of nitrogens with zero attached hydrogens (tertiary/aromatic N) is 4. The number of aryl methyl sites for hydroxylation is 1. The number of hydrogen-bond donors (Lipinski definition) is 0. The first kappa shape index (κ1) is 16.7. The molecule has 3 rings (SSSR count). The standard InChI is InChI=1S/C18H24N4O2/c1-20-12-16(18(19-20)15-6-4-3-5-7-15)13-21-8-9-22(10-11-24-2)17(23)14-21/h3-7,12H,8-11,13-14H2,1-2H3. The van der Waals surface area contributed by atoms with E-state index in [0.717, 1.165) is 36.5 Å². The van der Waals surface area contributed by atoms with E-state index >= 15 is 0 Å². The van der Waals surface area contributed by atoms with Crippen LogP contribution in [0, 0.1) is 0 Å². The lowest BCUT2D eigenvalue weighted by molar-refractivity contribution is -0.136. The maximum atomic E-state index is 12.3. The molecule has 1 aliphatic rings. The maximum Gasteiger partial charge on any atom is 0.236 e. The minimum Gasteiger partial charge on any atom is -0.383 e. The van der Waals surface area contributed by atoms with Gasteiger partial charge in [0.2, 0.25) is 5.91 Å². The average Bonchev–Trinajstić information content (AvgIpc) is 2.95. The van der Waals surface area contributed by atoms with E-state index in [0.29, 0.717) is 19.7 Å². The Morgan fingerprint density at radius 3 is 2.71 bits per heavy atom. The molecule has 0 N–H and O–H groups in total. The van der Waals surface area contributed by atoms with Gasteiger partial charge in [-0.2, -0.15) is 5.10 Å². The molecule has 6 heteroatoms. The minimum atomic E-state index is 0.170. The maximum absolute atomic E-state index is 12.3. The van der Waals surface area contributed by atoms with Gasteiger partial charge in [-0.1, -0.05) is 30.3 Å². The minimum absolute atomic E-state index is 0.170. The highest BCUT2D eigenvalue weighted by Crippen LogP contribution is 2.23. The lowest BCUT2D eigenvalue weighted by Crippen LogP contribution is -2.50. The van der Waals surface area contributed by atoms with E-state index < -0.39 is 0 Å². The zero-order valence-electron chi connectivity index (χ0n) is 14.3. The van der Waals surface area contributed by atoms with Crippen molar-refractivity contribution >= 4 is 5.91 Å². The van der Waals surface area contributed by atoms with Crippen LogP contribution in [0.4, 0.5) is 0 Å². The van der Waals surface area contributed by atoms with Crippen molar-refractivity contribution in [3.8, 4) is 11.3 Å². The van der Waals surface area contributed by atoms with Gasteiger partial charge in [0.15, 0.2) is 0 Å². The van der Waals surface area contributed by atoms with Crippen LogP contribution in [0.5, 0.6) is 0 Å². The predicted octanol–water partition coefficient (Wildman–Crippen LogP) is 1.38. The molecule has 6 nitrogen and oxygen atoms in total. The molecule has 1 aromatic carbocycles. The smallest absolute Gasteiger partial charge is 0.236 e. The number of aromatic nitrogens is 2. The van der Waals surface area contributed by atoms with E-state index in [1.165, 1.54) is 0 Å². The molecule has 0 bridgehead atoms. The van der Waals surface area contributed by atoms with Gasteiger partial charge in [0.1, 0.15) is 0 Å². The highest BCUT2D eigenvalue weighted by molar-refractivity contribution is 5.79. The molecular weight excluding hydrogens is 304 g/mol. The van der Waals surface area contributed by atoms with E-state index in [-0.39, 0.29) is 5.91 Å². The predicted molar refractivity (Wildman–Crippen MR) is 92.4 cm³/mol. The summed E-state index contributed by atoms with van der Waals surface area (Å²) in [5.41, 5.74) is 3.26. The first-order valence-electron chi connectivity index (χ1n) is 8.24. The zero-order valence-corrected chi connectivity index (χ0v) is 14.3. The summed E-state index contributed by atoms with van der Waals surface area (Å²) >= 11 is 0. The summed E-state index contributed by atoms with van der Waals surface area (Å²) < 4.78 is 6.91. The third kappa shape index (κ3) is 3.83. The highest BCUT2D eigenvalue weighted by Gasteiger charge is 2.24. The fourth-order valence-corrected chi connectivity index (χ4v) is 3.06. The summed E-state index contributed by atoms with van der Waals surface area (Å²) in [7, 11) is 3.60. The molecule has 0 saturated carbocycles. The summed E-state index contributed by atoms with van der Waals surface area (Å²) in [6, 6.07) is 10.2. The second kappa shape index (κ2) is 7.59. The van der Waals surface area contributed by atoms with Crippen molar-refractivity contribution in [1.29, 1.82) is 0 Å². The van der Waals surface area contributed by atoms with E-state index in [2.05, 4.69) is 22.1 Å². The van der Waals surface area contributed by atoms with Gasteiger partial charge in [-0.3, -0.25) is 14.4 Å². The fourth-order valence-electron chi connectivity index (χ4n) is 3.06. The van der Waals surface area contributed by atoms with Gasteiger partial charge in [-0.25, -0.2) is 0 Å². The van der Waals surface area contributed by atoms with Gasteiger partial charge in [0.05, 0.1) is 18.8 Å². The quantitative estimate of drug-likeness (QED) is 0.804. The highest BCUT2D eigenvalue weighted by atomic mass is 16.5. The van der Waals surface area contributed by atoms with E-state index in [1.807, 2.05) is 41.0 Å². The van der Waals surface area contributed by atoms with Crippen LogP contribution in [-0.2, 0) is 23.1 Å². The molecule has 1 amide bonds. The van der Waals surface area contributed by atoms with Crippen molar-refractivity contribution in [3.05, 3.63) is 42.1 Å². The zero-order chi connectivity index (χ0) is 16.9. The monoisotopic (exact) mass is 328 g/mol. The Morgan fingerprint density at radius 1 is 1.21 bits per heavy atom. The first-order chi connectivity index (χ1) is 11.7. The molecule has 1 fully saturated rings. The van der Waals surface area contributed by atoms with Crippen molar-refractivity contribution in [2.24, 2.45) is 7.05 Å². The number of ether oxygens (including phenoxy) is 1. The van der Waals surface area contributed by atoms with Crippen LogP contribution in [0.1, 0.15) is 5.56 Å². The van der Waals surface area contributed by atoms with Gasteiger partial charge in [0.25, 0.3) is 0 Å². The molecule has 0 radical (unpaired) electrons. The first-order valence-corrected chi connectivity index (χ1v) is 8.24. The molecule has 24 heavy (non-hydrogen) atoms. The lowest BCUT2D eigenvalue weighted by Gasteiger charge is -2.34. The number of methoxy groups -OCH3 is 1. The topological polar surface area (TPSA) is 50.6 Å². The van der Waals surface area contributed by atoms with Gasteiger partial charge in [0, 0.05) is 57.7 Å². The molecule has 128 valence electrons. The van der Waals surface area contributed by atoms with Crippen LogP contribution >= 0.6 is 0 Å². The Morgan fingerprint density at radius 2 is 2.00 bits per heavy atom. The average molecular weight is 328 g/mol. The van der Waals surface area contributed by atoms with Crippen LogP contribution in [0.25, 0.3) is 11.3 Å². The molecule has 0 aliphatic carbocycles. The van der Waals surface area contributed by atoms with Crippen LogP contribution in [0.2, 0.25) is 0 Å². The Kier molecular flexibility index (Phi) is 5.27. The van der Waals surface area contributed by atoms with Crippen molar-refractivity contribution < 1.29 is 9.53 Å². The lowest BCUT2D eigenvalue weighted by atomic mass is 10.1. The van der Waals surface area contributed by atoms with Crippen molar-refractivity contribution in [2.75, 3.05) is 39.9 Å². The van der Waals surface area contributed by atoms with Gasteiger partial charge >= 0.3 is 0 Å². The molecule has 2 aromatic rings. The molecule has 1 aromatic heterocycles. The normalized spacial score (nSPS) is 15.9. The number of benzene rings is 1. The fraction of sp³-hybridized carbons (Fsp3) is 0.444.